The minimum Gasteiger partial charge on any atom is -0.311 e. The second kappa shape index (κ2) is 5.33. The van der Waals surface area contributed by atoms with Gasteiger partial charge in [-0.05, 0) is 25.8 Å². The van der Waals surface area contributed by atoms with Crippen LogP contribution in [0.3, 0.4) is 0 Å². The number of nitrogens with zero attached hydrogens (tertiary/aromatic N) is 3. The van der Waals surface area contributed by atoms with E-state index in [-0.39, 0.29) is 5.54 Å². The fourth-order valence-corrected chi connectivity index (χ4v) is 2.35. The Balaban J connectivity index is 2.08. The Morgan fingerprint density at radius 3 is 2.67 bits per heavy atom. The minimum atomic E-state index is 0.157. The highest BCUT2D eigenvalue weighted by Gasteiger charge is 2.35. The maximum atomic E-state index is 4.34. The average molecular weight is 248 g/mol. The molecule has 1 aromatic heterocycles. The van der Waals surface area contributed by atoms with Gasteiger partial charge in [-0.3, -0.25) is 4.90 Å². The van der Waals surface area contributed by atoms with Crippen LogP contribution < -0.4 is 5.32 Å². The summed E-state index contributed by atoms with van der Waals surface area (Å²) < 4.78 is 0. The molecule has 0 saturated carbocycles. The molecule has 0 amide bonds. The van der Waals surface area contributed by atoms with Gasteiger partial charge in [-0.2, -0.15) is 0 Å². The summed E-state index contributed by atoms with van der Waals surface area (Å²) in [6.45, 7) is 12.0. The molecular weight excluding hydrogens is 224 g/mol. The van der Waals surface area contributed by atoms with E-state index >= 15 is 0 Å². The van der Waals surface area contributed by atoms with Crippen molar-refractivity contribution >= 4 is 0 Å². The zero-order chi connectivity index (χ0) is 13.2. The number of hydrogen-bond donors (Lipinski definition) is 1. The van der Waals surface area contributed by atoms with Gasteiger partial charge in [0, 0.05) is 37.1 Å². The van der Waals surface area contributed by atoms with E-state index in [2.05, 4.69) is 47.9 Å². The predicted octanol–water partition coefficient (Wildman–Crippen LogP) is 1.69. The van der Waals surface area contributed by atoms with Crippen LogP contribution in [-0.2, 0) is 6.54 Å². The highest BCUT2D eigenvalue weighted by molar-refractivity contribution is 4.97. The smallest absolute Gasteiger partial charge is 0.142 e. The zero-order valence-electron chi connectivity index (χ0n) is 11.8. The molecule has 1 aliphatic rings. The first-order chi connectivity index (χ1) is 8.49. The van der Waals surface area contributed by atoms with Crippen molar-refractivity contribution in [2.45, 2.75) is 45.8 Å². The molecule has 0 spiro atoms. The largest absolute Gasteiger partial charge is 0.311 e. The van der Waals surface area contributed by atoms with Gasteiger partial charge in [-0.1, -0.05) is 13.8 Å². The van der Waals surface area contributed by atoms with Gasteiger partial charge in [0.05, 0.1) is 6.54 Å². The number of nitrogens with one attached hydrogen (secondary N) is 1. The summed E-state index contributed by atoms with van der Waals surface area (Å²) in [4.78, 5) is 11.2. The van der Waals surface area contributed by atoms with E-state index in [1.54, 1.807) is 0 Å². The minimum absolute atomic E-state index is 0.157. The van der Waals surface area contributed by atoms with Crippen LogP contribution in [0.1, 0.15) is 33.5 Å². The van der Waals surface area contributed by atoms with Crippen molar-refractivity contribution in [2.75, 3.05) is 13.1 Å². The first-order valence-electron chi connectivity index (χ1n) is 6.73. The lowest BCUT2D eigenvalue weighted by molar-refractivity contribution is 0.0452. The van der Waals surface area contributed by atoms with E-state index in [1.165, 1.54) is 0 Å². The van der Waals surface area contributed by atoms with Gasteiger partial charge in [0.1, 0.15) is 5.82 Å². The molecule has 0 bridgehead atoms. The Kier molecular flexibility index (Phi) is 3.97. The first kappa shape index (κ1) is 13.4. The fourth-order valence-electron chi connectivity index (χ4n) is 2.35. The second-order valence-corrected chi connectivity index (χ2v) is 6.09. The summed E-state index contributed by atoms with van der Waals surface area (Å²) in [5.74, 6) is 1.57. The molecular formula is C14H24N4. The van der Waals surface area contributed by atoms with Crippen molar-refractivity contribution in [3.63, 3.8) is 0 Å². The average Bonchev–Trinajstić information content (AvgIpc) is 2.33. The molecule has 2 rings (SSSR count). The fraction of sp³-hybridized carbons (Fsp3) is 0.714. The van der Waals surface area contributed by atoms with Crippen molar-refractivity contribution in [3.05, 3.63) is 24.3 Å². The van der Waals surface area contributed by atoms with E-state index < -0.39 is 0 Å². The van der Waals surface area contributed by atoms with Gasteiger partial charge in [-0.25, -0.2) is 9.97 Å². The van der Waals surface area contributed by atoms with Crippen LogP contribution in [0.2, 0.25) is 0 Å². The summed E-state index contributed by atoms with van der Waals surface area (Å²) in [6.07, 6.45) is 3.63. The molecule has 1 aliphatic heterocycles. The second-order valence-electron chi connectivity index (χ2n) is 6.09. The van der Waals surface area contributed by atoms with Gasteiger partial charge in [0.15, 0.2) is 0 Å². The molecule has 4 nitrogen and oxygen atoms in total. The van der Waals surface area contributed by atoms with E-state index in [0.29, 0.717) is 12.0 Å². The van der Waals surface area contributed by atoms with Gasteiger partial charge >= 0.3 is 0 Å². The number of aromatic nitrogens is 2. The topological polar surface area (TPSA) is 41.1 Å². The Labute approximate surface area is 110 Å². The number of piperazine rings is 1. The molecule has 1 fully saturated rings. The van der Waals surface area contributed by atoms with Crippen LogP contribution in [0, 0.1) is 5.92 Å². The van der Waals surface area contributed by atoms with Crippen LogP contribution in [-0.4, -0.2) is 39.5 Å². The third-order valence-electron chi connectivity index (χ3n) is 3.83. The van der Waals surface area contributed by atoms with Gasteiger partial charge in [0.2, 0.25) is 0 Å². The summed E-state index contributed by atoms with van der Waals surface area (Å²) in [6, 6.07) is 2.42. The van der Waals surface area contributed by atoms with Crippen LogP contribution in [0.5, 0.6) is 0 Å². The SMILES string of the molecule is CC(C)C1CN(Cc2ncccn2)C(C)(C)CN1. The maximum Gasteiger partial charge on any atom is 0.142 e. The summed E-state index contributed by atoms with van der Waals surface area (Å²) in [7, 11) is 0. The van der Waals surface area contributed by atoms with E-state index in [4.69, 9.17) is 0 Å². The summed E-state index contributed by atoms with van der Waals surface area (Å²) in [5, 5.41) is 3.64. The van der Waals surface area contributed by atoms with Crippen molar-refractivity contribution in [1.29, 1.82) is 0 Å². The molecule has 1 atom stereocenters. The van der Waals surface area contributed by atoms with Crippen LogP contribution >= 0.6 is 0 Å². The van der Waals surface area contributed by atoms with Gasteiger partial charge < -0.3 is 5.32 Å². The van der Waals surface area contributed by atoms with Gasteiger partial charge in [-0.15, -0.1) is 0 Å². The molecule has 0 aromatic carbocycles. The lowest BCUT2D eigenvalue weighted by atomic mass is 9.93. The Hall–Kier alpha value is -1.00. The Morgan fingerprint density at radius 2 is 2.06 bits per heavy atom. The van der Waals surface area contributed by atoms with Crippen LogP contribution in [0.4, 0.5) is 0 Å². The maximum absolute atomic E-state index is 4.34. The quantitative estimate of drug-likeness (QED) is 0.883. The number of rotatable bonds is 3. The van der Waals surface area contributed by atoms with Crippen molar-refractivity contribution < 1.29 is 0 Å². The molecule has 4 heteroatoms. The lowest BCUT2D eigenvalue weighted by Gasteiger charge is -2.47. The molecule has 2 heterocycles. The van der Waals surface area contributed by atoms with Gasteiger partial charge in [0.25, 0.3) is 0 Å². The number of hydrogen-bond acceptors (Lipinski definition) is 4. The molecule has 18 heavy (non-hydrogen) atoms. The van der Waals surface area contributed by atoms with Crippen molar-refractivity contribution in [3.8, 4) is 0 Å². The molecule has 1 N–H and O–H groups in total. The third kappa shape index (κ3) is 3.06. The first-order valence-corrected chi connectivity index (χ1v) is 6.73. The zero-order valence-corrected chi connectivity index (χ0v) is 11.8. The molecule has 1 aromatic rings. The summed E-state index contributed by atoms with van der Waals surface area (Å²) >= 11 is 0. The van der Waals surface area contributed by atoms with E-state index in [9.17, 15) is 0 Å². The highest BCUT2D eigenvalue weighted by Crippen LogP contribution is 2.22. The van der Waals surface area contributed by atoms with Crippen molar-refractivity contribution in [1.82, 2.24) is 20.2 Å². The normalized spacial score (nSPS) is 24.4. The molecule has 100 valence electrons. The van der Waals surface area contributed by atoms with Crippen LogP contribution in [0.15, 0.2) is 18.5 Å². The summed E-state index contributed by atoms with van der Waals surface area (Å²) in [5.41, 5.74) is 0.157. The molecule has 0 aliphatic carbocycles. The Morgan fingerprint density at radius 1 is 1.39 bits per heavy atom. The van der Waals surface area contributed by atoms with E-state index in [0.717, 1.165) is 25.5 Å². The predicted molar refractivity (Wildman–Crippen MR) is 73.1 cm³/mol. The van der Waals surface area contributed by atoms with E-state index in [1.807, 2.05) is 18.5 Å². The van der Waals surface area contributed by atoms with Crippen molar-refractivity contribution in [2.24, 2.45) is 5.92 Å². The lowest BCUT2D eigenvalue weighted by Crippen LogP contribution is -2.62. The Bertz CT molecular complexity index is 375. The molecule has 1 unspecified atom stereocenters. The highest BCUT2D eigenvalue weighted by atomic mass is 15.3. The standard InChI is InChI=1S/C14H24N4/c1-11(2)12-8-18(14(3,4)10-17-12)9-13-15-6-5-7-16-13/h5-7,11-12,17H,8-10H2,1-4H3. The molecule has 0 radical (unpaired) electrons. The monoisotopic (exact) mass is 248 g/mol. The molecule has 1 saturated heterocycles. The van der Waals surface area contributed by atoms with Crippen LogP contribution in [0.25, 0.3) is 0 Å². The third-order valence-corrected chi connectivity index (χ3v) is 3.83.